The Hall–Kier alpha value is -2.87. The van der Waals surface area contributed by atoms with Crippen molar-refractivity contribution in [3.63, 3.8) is 0 Å². The van der Waals surface area contributed by atoms with Crippen LogP contribution in [0.2, 0.25) is 0 Å². The molecule has 7 nitrogen and oxygen atoms in total. The summed E-state index contributed by atoms with van der Waals surface area (Å²) in [7, 11) is 1.48. The molecule has 0 bridgehead atoms. The summed E-state index contributed by atoms with van der Waals surface area (Å²) >= 11 is 1.08. The van der Waals surface area contributed by atoms with E-state index in [0.29, 0.717) is 26.8 Å². The zero-order valence-corrected chi connectivity index (χ0v) is 18.2. The zero-order chi connectivity index (χ0) is 21.7. The van der Waals surface area contributed by atoms with E-state index in [1.54, 1.807) is 38.1 Å². The van der Waals surface area contributed by atoms with Gasteiger partial charge in [-0.3, -0.25) is 9.59 Å². The van der Waals surface area contributed by atoms with Gasteiger partial charge in [-0.1, -0.05) is 25.0 Å². The van der Waals surface area contributed by atoms with Gasteiger partial charge in [0, 0.05) is 6.04 Å². The Bertz CT molecular complexity index is 947. The fourth-order valence-corrected chi connectivity index (χ4v) is 4.68. The van der Waals surface area contributed by atoms with Gasteiger partial charge in [0.25, 0.3) is 11.8 Å². The Kier molecular flexibility index (Phi) is 7.10. The fourth-order valence-electron chi connectivity index (χ4n) is 3.59. The Morgan fingerprint density at radius 2 is 1.83 bits per heavy atom. The van der Waals surface area contributed by atoms with E-state index in [2.05, 4.69) is 10.6 Å². The van der Waals surface area contributed by atoms with Crippen LogP contribution in [0, 0.1) is 6.92 Å². The predicted octanol–water partition coefficient (Wildman–Crippen LogP) is 4.17. The van der Waals surface area contributed by atoms with Crippen LogP contribution in [-0.4, -0.2) is 37.5 Å². The van der Waals surface area contributed by atoms with Crippen molar-refractivity contribution in [2.24, 2.45) is 0 Å². The summed E-state index contributed by atoms with van der Waals surface area (Å²) in [4.78, 5) is 38.7. The van der Waals surface area contributed by atoms with Crippen molar-refractivity contribution in [3.05, 3.63) is 45.8 Å². The van der Waals surface area contributed by atoms with Gasteiger partial charge in [-0.15, -0.1) is 11.3 Å². The Morgan fingerprint density at radius 1 is 1.13 bits per heavy atom. The van der Waals surface area contributed by atoms with E-state index in [9.17, 15) is 14.4 Å². The van der Waals surface area contributed by atoms with E-state index >= 15 is 0 Å². The lowest BCUT2D eigenvalue weighted by Gasteiger charge is -2.11. The van der Waals surface area contributed by atoms with Crippen molar-refractivity contribution in [1.82, 2.24) is 5.32 Å². The minimum atomic E-state index is -0.568. The first kappa shape index (κ1) is 21.8. The van der Waals surface area contributed by atoms with E-state index in [1.165, 1.54) is 7.11 Å². The number of methoxy groups -OCH3 is 1. The molecule has 0 atom stereocenters. The molecule has 1 aliphatic rings. The standard InChI is InChI=1S/C22H26N2O5S/c1-4-29-22(27)17-13(2)18(20(26)23-14-9-5-6-10-14)30-21(17)24-19(25)15-11-7-8-12-16(15)28-3/h7-8,11-12,14H,4-6,9-10H2,1-3H3,(H,23,26)(H,24,25). The van der Waals surface area contributed by atoms with E-state index in [-0.39, 0.29) is 24.1 Å². The monoisotopic (exact) mass is 430 g/mol. The molecule has 1 aliphatic carbocycles. The maximum absolute atomic E-state index is 12.9. The van der Waals surface area contributed by atoms with Crippen molar-refractivity contribution in [3.8, 4) is 5.75 Å². The normalized spacial score (nSPS) is 13.7. The third-order valence-electron chi connectivity index (χ3n) is 5.10. The molecular formula is C22H26N2O5S. The summed E-state index contributed by atoms with van der Waals surface area (Å²) in [5.41, 5.74) is 1.05. The van der Waals surface area contributed by atoms with Crippen LogP contribution < -0.4 is 15.4 Å². The summed E-state index contributed by atoms with van der Waals surface area (Å²) in [6, 6.07) is 6.95. The molecule has 0 spiro atoms. The molecule has 0 radical (unpaired) electrons. The summed E-state index contributed by atoms with van der Waals surface area (Å²) < 4.78 is 10.4. The van der Waals surface area contributed by atoms with Crippen LogP contribution >= 0.6 is 11.3 Å². The minimum Gasteiger partial charge on any atom is -0.496 e. The number of hydrogen-bond donors (Lipinski definition) is 2. The number of rotatable bonds is 7. The summed E-state index contributed by atoms with van der Waals surface area (Å²) in [5.74, 6) is -0.809. The van der Waals surface area contributed by atoms with Crippen LogP contribution in [0.25, 0.3) is 0 Å². The number of esters is 1. The smallest absolute Gasteiger partial charge is 0.341 e. The summed E-state index contributed by atoms with van der Waals surface area (Å²) in [5, 5.41) is 6.10. The van der Waals surface area contributed by atoms with E-state index in [0.717, 1.165) is 37.0 Å². The van der Waals surface area contributed by atoms with Crippen LogP contribution in [-0.2, 0) is 4.74 Å². The number of carbonyl (C=O) groups is 3. The second-order valence-electron chi connectivity index (χ2n) is 7.09. The molecule has 0 unspecified atom stereocenters. The molecule has 1 saturated carbocycles. The van der Waals surface area contributed by atoms with Crippen molar-refractivity contribution in [2.75, 3.05) is 19.0 Å². The number of anilines is 1. The molecular weight excluding hydrogens is 404 g/mol. The minimum absolute atomic E-state index is 0.150. The van der Waals surface area contributed by atoms with E-state index in [1.807, 2.05) is 0 Å². The van der Waals surface area contributed by atoms with Crippen molar-refractivity contribution in [2.45, 2.75) is 45.6 Å². The predicted molar refractivity (Wildman–Crippen MR) is 116 cm³/mol. The van der Waals surface area contributed by atoms with Crippen molar-refractivity contribution < 1.29 is 23.9 Å². The molecule has 0 aliphatic heterocycles. The molecule has 2 N–H and O–H groups in total. The van der Waals surface area contributed by atoms with Gasteiger partial charge in [0.05, 0.1) is 29.7 Å². The fraction of sp³-hybridized carbons (Fsp3) is 0.409. The number of carbonyl (C=O) groups excluding carboxylic acids is 3. The molecule has 2 amide bonds. The molecule has 8 heteroatoms. The number of hydrogen-bond acceptors (Lipinski definition) is 6. The number of ether oxygens (including phenoxy) is 2. The lowest BCUT2D eigenvalue weighted by molar-refractivity contribution is 0.0527. The van der Waals surface area contributed by atoms with Crippen molar-refractivity contribution in [1.29, 1.82) is 0 Å². The zero-order valence-electron chi connectivity index (χ0n) is 17.4. The van der Waals surface area contributed by atoms with Gasteiger partial charge in [0.15, 0.2) is 0 Å². The van der Waals surface area contributed by atoms with E-state index < -0.39 is 11.9 Å². The first-order valence-corrected chi connectivity index (χ1v) is 10.8. The van der Waals surface area contributed by atoms with Crippen LogP contribution in [0.4, 0.5) is 5.00 Å². The maximum atomic E-state index is 12.9. The highest BCUT2D eigenvalue weighted by Gasteiger charge is 2.28. The van der Waals surface area contributed by atoms with Gasteiger partial charge >= 0.3 is 5.97 Å². The maximum Gasteiger partial charge on any atom is 0.341 e. The van der Waals surface area contributed by atoms with E-state index in [4.69, 9.17) is 9.47 Å². The second-order valence-corrected chi connectivity index (χ2v) is 8.11. The highest BCUT2D eigenvalue weighted by Crippen LogP contribution is 2.35. The molecule has 3 rings (SSSR count). The van der Waals surface area contributed by atoms with Crippen LogP contribution in [0.1, 0.15) is 68.6 Å². The van der Waals surface area contributed by atoms with Crippen molar-refractivity contribution >= 4 is 34.1 Å². The number of para-hydroxylation sites is 1. The first-order valence-electron chi connectivity index (χ1n) is 10.0. The van der Waals surface area contributed by atoms with Gasteiger partial charge in [-0.05, 0) is 44.4 Å². The topological polar surface area (TPSA) is 93.7 Å². The molecule has 1 fully saturated rings. The average molecular weight is 431 g/mol. The second kappa shape index (κ2) is 9.75. The molecule has 2 aromatic rings. The number of nitrogens with one attached hydrogen (secondary N) is 2. The average Bonchev–Trinajstić information content (AvgIpc) is 3.35. The number of benzene rings is 1. The Labute approximate surface area is 179 Å². The largest absolute Gasteiger partial charge is 0.496 e. The highest BCUT2D eigenvalue weighted by molar-refractivity contribution is 7.18. The Morgan fingerprint density at radius 3 is 2.50 bits per heavy atom. The SMILES string of the molecule is CCOC(=O)c1c(NC(=O)c2ccccc2OC)sc(C(=O)NC2CCCC2)c1C. The molecule has 1 aromatic carbocycles. The van der Waals surface area contributed by atoms with Crippen LogP contribution in [0.3, 0.4) is 0 Å². The summed E-state index contributed by atoms with van der Waals surface area (Å²) in [6.07, 6.45) is 4.11. The van der Waals surface area contributed by atoms with Crippen LogP contribution in [0.15, 0.2) is 24.3 Å². The third kappa shape index (κ3) is 4.64. The van der Waals surface area contributed by atoms with Gasteiger partial charge in [0.1, 0.15) is 10.8 Å². The molecule has 160 valence electrons. The molecule has 1 aromatic heterocycles. The highest BCUT2D eigenvalue weighted by atomic mass is 32.1. The molecule has 30 heavy (non-hydrogen) atoms. The van der Waals surface area contributed by atoms with Gasteiger partial charge in [-0.2, -0.15) is 0 Å². The first-order chi connectivity index (χ1) is 14.5. The van der Waals surface area contributed by atoms with Gasteiger partial charge in [0.2, 0.25) is 0 Å². The Balaban J connectivity index is 1.92. The van der Waals surface area contributed by atoms with Gasteiger partial charge < -0.3 is 20.1 Å². The number of thiophene rings is 1. The number of amides is 2. The molecule has 0 saturated heterocycles. The van der Waals surface area contributed by atoms with Crippen LogP contribution in [0.5, 0.6) is 5.75 Å². The molecule has 1 heterocycles. The lowest BCUT2D eigenvalue weighted by atomic mass is 10.1. The quantitative estimate of drug-likeness (QED) is 0.643. The van der Waals surface area contributed by atoms with Gasteiger partial charge in [-0.25, -0.2) is 4.79 Å². The third-order valence-corrected chi connectivity index (χ3v) is 6.31. The lowest BCUT2D eigenvalue weighted by Crippen LogP contribution is -2.32. The summed E-state index contributed by atoms with van der Waals surface area (Å²) in [6.45, 7) is 3.60.